The third-order valence-corrected chi connectivity index (χ3v) is 6.55. The van der Waals surface area contributed by atoms with Crippen molar-refractivity contribution in [3.63, 3.8) is 0 Å². The molecular weight excluding hydrogens is 448 g/mol. The Kier molecular flexibility index (Phi) is 5.77. The van der Waals surface area contributed by atoms with Gasteiger partial charge in [-0.25, -0.2) is 9.38 Å². The maximum Gasteiger partial charge on any atom is 0.274 e. The van der Waals surface area contributed by atoms with Crippen molar-refractivity contribution in [1.82, 2.24) is 9.38 Å². The fraction of sp³-hybridized carbons (Fsp3) is 0.111. The molecule has 0 radical (unpaired) electrons. The predicted octanol–water partition coefficient (Wildman–Crippen LogP) is 4.66. The van der Waals surface area contributed by atoms with Crippen LogP contribution in [0.15, 0.2) is 77.6 Å². The van der Waals surface area contributed by atoms with Gasteiger partial charge < -0.3 is 14.2 Å². The number of fused-ring (bicyclic) bond motifs is 1. The molecule has 0 atom stereocenters. The van der Waals surface area contributed by atoms with Crippen LogP contribution in [0.4, 0.5) is 0 Å². The second-order valence-corrected chi connectivity index (χ2v) is 8.51. The molecule has 2 aromatic heterocycles. The Morgan fingerprint density at radius 3 is 2.06 bits per heavy atom. The van der Waals surface area contributed by atoms with Crippen molar-refractivity contribution in [2.75, 3.05) is 21.3 Å². The van der Waals surface area contributed by atoms with E-state index in [1.807, 2.05) is 66.7 Å². The average molecular weight is 471 g/mol. The summed E-state index contributed by atoms with van der Waals surface area (Å²) in [5, 5.41) is 0. The zero-order chi connectivity index (χ0) is 23.7. The molecule has 2 heterocycles. The van der Waals surface area contributed by atoms with Crippen LogP contribution in [0.25, 0.3) is 33.6 Å². The lowest BCUT2D eigenvalue weighted by molar-refractivity contribution is 0.324. The number of hydrogen-bond acceptors (Lipinski definition) is 6. The van der Waals surface area contributed by atoms with Gasteiger partial charge in [0.2, 0.25) is 5.75 Å². The first-order valence-corrected chi connectivity index (χ1v) is 11.4. The molecule has 34 heavy (non-hydrogen) atoms. The number of aromatic nitrogens is 2. The van der Waals surface area contributed by atoms with Crippen molar-refractivity contribution >= 4 is 22.4 Å². The first kappa shape index (κ1) is 21.7. The van der Waals surface area contributed by atoms with Crippen molar-refractivity contribution in [1.29, 1.82) is 0 Å². The van der Waals surface area contributed by atoms with E-state index in [0.29, 0.717) is 32.3 Å². The summed E-state index contributed by atoms with van der Waals surface area (Å²) in [4.78, 5) is 19.2. The summed E-state index contributed by atoms with van der Waals surface area (Å²) in [6.07, 6.45) is 1.80. The number of methoxy groups -OCH3 is 3. The largest absolute Gasteiger partial charge is 0.493 e. The molecule has 5 rings (SSSR count). The predicted molar refractivity (Wildman–Crippen MR) is 135 cm³/mol. The minimum absolute atomic E-state index is 0.134. The molecule has 6 nitrogen and oxygen atoms in total. The fourth-order valence-electron chi connectivity index (χ4n) is 4.04. The van der Waals surface area contributed by atoms with Crippen LogP contribution in [-0.4, -0.2) is 30.7 Å². The summed E-state index contributed by atoms with van der Waals surface area (Å²) in [5.41, 5.74) is 4.03. The number of thiazole rings is 1. The van der Waals surface area contributed by atoms with Crippen LogP contribution in [-0.2, 0) is 0 Å². The van der Waals surface area contributed by atoms with Crippen molar-refractivity contribution in [3.8, 4) is 39.8 Å². The summed E-state index contributed by atoms with van der Waals surface area (Å²) in [5.74, 6) is 1.53. The van der Waals surface area contributed by atoms with E-state index < -0.39 is 0 Å². The lowest BCUT2D eigenvalue weighted by Gasteiger charge is -2.13. The molecule has 0 unspecified atom stereocenters. The average Bonchev–Trinajstić information content (AvgIpc) is 3.41. The van der Waals surface area contributed by atoms with Gasteiger partial charge in [0.05, 0.1) is 37.2 Å². The van der Waals surface area contributed by atoms with Crippen LogP contribution < -0.4 is 24.3 Å². The second kappa shape index (κ2) is 9.03. The number of hydrogen-bond donors (Lipinski definition) is 0. The third-order valence-electron chi connectivity index (χ3n) is 5.58. The standard InChI is InChI=1S/C27H22N2O4S/c1-31-20-15-14-19(24(32-2)25(20)33-3)16-21-26(30)29-23(18-12-8-5-9-13-18)22(28-27(29)34-21)17-10-6-4-7-11-17/h4-16H,1-3H3. The first-order chi connectivity index (χ1) is 16.7. The van der Waals surface area contributed by atoms with Crippen molar-refractivity contribution in [3.05, 3.63) is 93.2 Å². The lowest BCUT2D eigenvalue weighted by Crippen LogP contribution is -2.23. The van der Waals surface area contributed by atoms with Gasteiger partial charge in [-0.2, -0.15) is 0 Å². The summed E-state index contributed by atoms with van der Waals surface area (Å²) < 4.78 is 18.7. The zero-order valence-corrected chi connectivity index (χ0v) is 19.8. The summed E-state index contributed by atoms with van der Waals surface area (Å²) in [6, 6.07) is 23.4. The van der Waals surface area contributed by atoms with E-state index in [0.717, 1.165) is 22.5 Å². The lowest BCUT2D eigenvalue weighted by atomic mass is 10.1. The van der Waals surface area contributed by atoms with E-state index in [4.69, 9.17) is 19.2 Å². The van der Waals surface area contributed by atoms with Gasteiger partial charge in [-0.15, -0.1) is 0 Å². The Labute approximate surface area is 200 Å². The highest BCUT2D eigenvalue weighted by Crippen LogP contribution is 2.40. The van der Waals surface area contributed by atoms with Gasteiger partial charge >= 0.3 is 0 Å². The highest BCUT2D eigenvalue weighted by Gasteiger charge is 2.21. The van der Waals surface area contributed by atoms with E-state index >= 15 is 0 Å². The normalized spacial score (nSPS) is 11.7. The zero-order valence-electron chi connectivity index (χ0n) is 18.9. The molecule has 0 fully saturated rings. The van der Waals surface area contributed by atoms with E-state index in [1.165, 1.54) is 11.3 Å². The summed E-state index contributed by atoms with van der Waals surface area (Å²) >= 11 is 1.34. The minimum Gasteiger partial charge on any atom is -0.493 e. The number of benzene rings is 3. The van der Waals surface area contributed by atoms with Gasteiger partial charge in [-0.3, -0.25) is 4.79 Å². The van der Waals surface area contributed by atoms with Crippen LogP contribution in [0.2, 0.25) is 0 Å². The van der Waals surface area contributed by atoms with E-state index in [2.05, 4.69) is 0 Å². The molecule has 7 heteroatoms. The highest BCUT2D eigenvalue weighted by molar-refractivity contribution is 7.15. The maximum atomic E-state index is 13.7. The number of nitrogens with zero attached hydrogens (tertiary/aromatic N) is 2. The monoisotopic (exact) mass is 470 g/mol. The quantitative estimate of drug-likeness (QED) is 0.361. The van der Waals surface area contributed by atoms with Gasteiger partial charge in [-0.1, -0.05) is 72.0 Å². The van der Waals surface area contributed by atoms with Crippen molar-refractivity contribution in [2.45, 2.75) is 0 Å². The van der Waals surface area contributed by atoms with Crippen LogP contribution in [0.5, 0.6) is 17.2 Å². The van der Waals surface area contributed by atoms with Crippen LogP contribution >= 0.6 is 11.3 Å². The summed E-state index contributed by atoms with van der Waals surface area (Å²) in [7, 11) is 4.69. The van der Waals surface area contributed by atoms with E-state index in [1.54, 1.807) is 37.9 Å². The Hall–Kier alpha value is -4.10. The third kappa shape index (κ3) is 3.60. The van der Waals surface area contributed by atoms with E-state index in [-0.39, 0.29) is 5.56 Å². The molecule has 0 aliphatic heterocycles. The molecule has 0 saturated carbocycles. The number of rotatable bonds is 6. The van der Waals surface area contributed by atoms with E-state index in [9.17, 15) is 4.79 Å². The molecule has 0 aliphatic carbocycles. The van der Waals surface area contributed by atoms with Gasteiger partial charge in [0.1, 0.15) is 0 Å². The fourth-order valence-corrected chi connectivity index (χ4v) is 5.00. The molecule has 0 spiro atoms. The molecule has 0 aliphatic rings. The highest BCUT2D eigenvalue weighted by atomic mass is 32.1. The minimum atomic E-state index is -0.134. The molecule has 170 valence electrons. The Morgan fingerprint density at radius 2 is 1.44 bits per heavy atom. The number of imidazole rings is 1. The summed E-state index contributed by atoms with van der Waals surface area (Å²) in [6.45, 7) is 0. The molecule has 0 N–H and O–H groups in total. The maximum absolute atomic E-state index is 13.7. The number of ether oxygens (including phenoxy) is 3. The Bertz CT molecular complexity index is 1570. The van der Waals surface area contributed by atoms with Gasteiger partial charge in [-0.05, 0) is 18.2 Å². The van der Waals surface area contributed by atoms with Crippen molar-refractivity contribution < 1.29 is 14.2 Å². The van der Waals surface area contributed by atoms with Crippen LogP contribution in [0.3, 0.4) is 0 Å². The first-order valence-electron chi connectivity index (χ1n) is 10.6. The molecule has 3 aromatic carbocycles. The van der Waals surface area contributed by atoms with Gasteiger partial charge in [0.15, 0.2) is 16.5 Å². The second-order valence-electron chi connectivity index (χ2n) is 7.50. The van der Waals surface area contributed by atoms with Gasteiger partial charge in [0, 0.05) is 16.7 Å². The molecule has 0 amide bonds. The molecule has 0 bridgehead atoms. The Balaban J connectivity index is 1.77. The Morgan fingerprint density at radius 1 is 0.794 bits per heavy atom. The molecule has 0 saturated heterocycles. The molecule has 5 aromatic rings. The molecular formula is C27H22N2O4S. The van der Waals surface area contributed by atoms with Crippen LogP contribution in [0, 0.1) is 0 Å². The van der Waals surface area contributed by atoms with Gasteiger partial charge in [0.25, 0.3) is 5.56 Å². The topological polar surface area (TPSA) is 62.1 Å². The smallest absolute Gasteiger partial charge is 0.274 e. The van der Waals surface area contributed by atoms with Crippen LogP contribution in [0.1, 0.15) is 5.56 Å². The van der Waals surface area contributed by atoms with Crippen molar-refractivity contribution in [2.24, 2.45) is 0 Å². The SMILES string of the molecule is COc1ccc(C=c2sc3nc(-c4ccccc4)c(-c4ccccc4)n3c2=O)c(OC)c1OC.